The van der Waals surface area contributed by atoms with E-state index in [0.29, 0.717) is 0 Å². The molecule has 0 aliphatic carbocycles. The highest BCUT2D eigenvalue weighted by molar-refractivity contribution is 7.89. The molecule has 102 valence electrons. The van der Waals surface area contributed by atoms with Crippen molar-refractivity contribution in [2.45, 2.75) is 18.7 Å². The van der Waals surface area contributed by atoms with Gasteiger partial charge in [-0.25, -0.2) is 17.9 Å². The second-order valence-electron chi connectivity index (χ2n) is 4.12. The van der Waals surface area contributed by atoms with Crippen LogP contribution in [0.2, 0.25) is 0 Å². The van der Waals surface area contributed by atoms with Gasteiger partial charge in [0.2, 0.25) is 10.0 Å². The zero-order chi connectivity index (χ0) is 14.6. The van der Waals surface area contributed by atoms with Crippen LogP contribution in [-0.2, 0) is 10.0 Å². The van der Waals surface area contributed by atoms with Gasteiger partial charge in [-0.15, -0.1) is 0 Å². The topological polar surface area (TPSA) is 107 Å². The Balaban J connectivity index is 3.13. The Morgan fingerprint density at radius 2 is 2.16 bits per heavy atom. The number of sulfonamides is 1. The molecule has 0 aliphatic rings. The summed E-state index contributed by atoms with van der Waals surface area (Å²) >= 11 is 0. The van der Waals surface area contributed by atoms with Crippen molar-refractivity contribution in [1.82, 2.24) is 4.72 Å². The van der Waals surface area contributed by atoms with E-state index in [9.17, 15) is 13.2 Å². The molecule has 6 nitrogen and oxygen atoms in total. The van der Waals surface area contributed by atoms with Crippen LogP contribution in [0.3, 0.4) is 0 Å². The van der Waals surface area contributed by atoms with Gasteiger partial charge in [0.25, 0.3) is 0 Å². The Morgan fingerprint density at radius 3 is 2.68 bits per heavy atom. The number of nitrogens with zero attached hydrogens (tertiary/aromatic N) is 1. The molecule has 1 atom stereocenters. The molecular weight excluding hydrogens is 268 g/mol. The number of benzene rings is 1. The van der Waals surface area contributed by atoms with Gasteiger partial charge in [0.05, 0.1) is 22.4 Å². The molecule has 7 heteroatoms. The predicted molar refractivity (Wildman–Crippen MR) is 68.1 cm³/mol. The Kier molecular flexibility index (Phi) is 4.64. The average molecular weight is 282 g/mol. The summed E-state index contributed by atoms with van der Waals surface area (Å²) in [5, 5.41) is 17.6. The van der Waals surface area contributed by atoms with Crippen molar-refractivity contribution in [3.05, 3.63) is 29.3 Å². The zero-order valence-corrected chi connectivity index (χ0v) is 11.4. The minimum Gasteiger partial charge on any atom is -0.478 e. The number of rotatable bonds is 5. The molecule has 2 N–H and O–H groups in total. The van der Waals surface area contributed by atoms with Gasteiger partial charge in [-0.3, -0.25) is 0 Å². The van der Waals surface area contributed by atoms with Crippen molar-refractivity contribution in [2.24, 2.45) is 5.92 Å². The SMILES string of the molecule is Cc1c(C(=O)O)cccc1S(=O)(=O)NCC(C)C#N. The molecule has 1 unspecified atom stereocenters. The summed E-state index contributed by atoms with van der Waals surface area (Å²) in [5.41, 5.74) is 0.114. The first-order chi connectivity index (χ1) is 8.79. The van der Waals surface area contributed by atoms with Crippen LogP contribution >= 0.6 is 0 Å². The van der Waals surface area contributed by atoms with Crippen LogP contribution in [0.5, 0.6) is 0 Å². The standard InChI is InChI=1S/C12H14N2O4S/c1-8(6-13)7-14-19(17,18)11-5-3-4-10(9(11)2)12(15)16/h3-5,8,14H,7H2,1-2H3,(H,15,16). The van der Waals surface area contributed by atoms with E-state index in [0.717, 1.165) is 0 Å². The first kappa shape index (κ1) is 15.1. The highest BCUT2D eigenvalue weighted by Crippen LogP contribution is 2.18. The van der Waals surface area contributed by atoms with Crippen molar-refractivity contribution >= 4 is 16.0 Å². The zero-order valence-electron chi connectivity index (χ0n) is 10.5. The Labute approximate surface area is 111 Å². The lowest BCUT2D eigenvalue weighted by Crippen LogP contribution is -2.28. The third-order valence-corrected chi connectivity index (χ3v) is 4.17. The van der Waals surface area contributed by atoms with Gasteiger partial charge in [-0.2, -0.15) is 5.26 Å². The predicted octanol–water partition coefficient (Wildman–Crippen LogP) is 1.13. The molecule has 19 heavy (non-hydrogen) atoms. The van der Waals surface area contributed by atoms with Gasteiger partial charge < -0.3 is 5.11 Å². The third kappa shape index (κ3) is 3.53. The molecule has 1 aromatic rings. The molecule has 0 amide bonds. The number of carbonyl (C=O) groups is 1. The van der Waals surface area contributed by atoms with Gasteiger partial charge in [0, 0.05) is 6.54 Å². The summed E-state index contributed by atoms with van der Waals surface area (Å²) in [6.07, 6.45) is 0. The molecule has 0 bridgehead atoms. The van der Waals surface area contributed by atoms with Crippen LogP contribution in [0.25, 0.3) is 0 Å². The Morgan fingerprint density at radius 1 is 1.53 bits per heavy atom. The maximum absolute atomic E-state index is 12.0. The molecule has 0 heterocycles. The summed E-state index contributed by atoms with van der Waals surface area (Å²) in [6.45, 7) is 3.00. The van der Waals surface area contributed by atoms with Crippen LogP contribution in [0, 0.1) is 24.2 Å². The summed E-state index contributed by atoms with van der Waals surface area (Å²) in [5.74, 6) is -1.64. The Hall–Kier alpha value is -1.91. The van der Waals surface area contributed by atoms with E-state index in [-0.39, 0.29) is 22.6 Å². The fourth-order valence-electron chi connectivity index (χ4n) is 1.50. The van der Waals surface area contributed by atoms with Crippen LogP contribution in [0.15, 0.2) is 23.1 Å². The monoisotopic (exact) mass is 282 g/mol. The molecule has 0 saturated carbocycles. The average Bonchev–Trinajstić information content (AvgIpc) is 2.35. The van der Waals surface area contributed by atoms with Crippen LogP contribution in [0.4, 0.5) is 0 Å². The van der Waals surface area contributed by atoms with E-state index in [1.165, 1.54) is 25.1 Å². The van der Waals surface area contributed by atoms with Crippen molar-refractivity contribution in [2.75, 3.05) is 6.54 Å². The van der Waals surface area contributed by atoms with Crippen molar-refractivity contribution in [3.8, 4) is 6.07 Å². The molecule has 1 rings (SSSR count). The van der Waals surface area contributed by atoms with E-state index in [4.69, 9.17) is 10.4 Å². The smallest absolute Gasteiger partial charge is 0.335 e. The number of hydrogen-bond acceptors (Lipinski definition) is 4. The number of nitrogens with one attached hydrogen (secondary N) is 1. The first-order valence-corrected chi connectivity index (χ1v) is 7.00. The summed E-state index contributed by atoms with van der Waals surface area (Å²) in [7, 11) is -3.82. The van der Waals surface area contributed by atoms with Gasteiger partial charge in [-0.05, 0) is 31.5 Å². The van der Waals surface area contributed by atoms with Gasteiger partial charge in [0.1, 0.15) is 0 Å². The number of nitriles is 1. The summed E-state index contributed by atoms with van der Waals surface area (Å²) in [6, 6.07) is 5.96. The molecule has 0 aliphatic heterocycles. The van der Waals surface area contributed by atoms with Crippen molar-refractivity contribution in [1.29, 1.82) is 5.26 Å². The van der Waals surface area contributed by atoms with E-state index in [1.54, 1.807) is 6.92 Å². The second kappa shape index (κ2) is 5.82. The number of aromatic carboxylic acids is 1. The highest BCUT2D eigenvalue weighted by Gasteiger charge is 2.20. The van der Waals surface area contributed by atoms with Gasteiger partial charge >= 0.3 is 5.97 Å². The fourth-order valence-corrected chi connectivity index (χ4v) is 2.89. The lowest BCUT2D eigenvalue weighted by Gasteiger charge is -2.11. The molecule has 0 radical (unpaired) electrons. The lowest BCUT2D eigenvalue weighted by molar-refractivity contribution is 0.0696. The molecule has 0 fully saturated rings. The van der Waals surface area contributed by atoms with Gasteiger partial charge in [-0.1, -0.05) is 6.07 Å². The maximum atomic E-state index is 12.0. The second-order valence-corrected chi connectivity index (χ2v) is 5.85. The number of hydrogen-bond donors (Lipinski definition) is 2. The normalized spacial score (nSPS) is 12.7. The quantitative estimate of drug-likeness (QED) is 0.841. The summed E-state index contributed by atoms with van der Waals surface area (Å²) < 4.78 is 26.4. The van der Waals surface area contributed by atoms with E-state index < -0.39 is 21.9 Å². The minimum atomic E-state index is -3.82. The molecule has 0 spiro atoms. The maximum Gasteiger partial charge on any atom is 0.335 e. The largest absolute Gasteiger partial charge is 0.478 e. The van der Waals surface area contributed by atoms with E-state index >= 15 is 0 Å². The summed E-state index contributed by atoms with van der Waals surface area (Å²) in [4.78, 5) is 10.9. The van der Waals surface area contributed by atoms with E-state index in [1.807, 2.05) is 6.07 Å². The Bertz CT molecular complexity index is 632. The minimum absolute atomic E-state index is 0.0183. The molecule has 1 aromatic carbocycles. The van der Waals surface area contributed by atoms with Crippen LogP contribution < -0.4 is 4.72 Å². The number of carboxylic acid groups (broad SMARTS) is 1. The molecule has 0 saturated heterocycles. The first-order valence-electron chi connectivity index (χ1n) is 5.51. The number of carboxylic acids is 1. The van der Waals surface area contributed by atoms with Crippen molar-refractivity contribution in [3.63, 3.8) is 0 Å². The highest BCUT2D eigenvalue weighted by atomic mass is 32.2. The van der Waals surface area contributed by atoms with Crippen molar-refractivity contribution < 1.29 is 18.3 Å². The van der Waals surface area contributed by atoms with Crippen LogP contribution in [0.1, 0.15) is 22.8 Å². The molecule has 0 aromatic heterocycles. The lowest BCUT2D eigenvalue weighted by atomic mass is 10.1. The molecular formula is C12H14N2O4S. The fraction of sp³-hybridized carbons (Fsp3) is 0.333. The van der Waals surface area contributed by atoms with Crippen LogP contribution in [-0.4, -0.2) is 26.0 Å². The third-order valence-electron chi connectivity index (χ3n) is 2.60. The van der Waals surface area contributed by atoms with Gasteiger partial charge in [0.15, 0.2) is 0 Å². The van der Waals surface area contributed by atoms with E-state index in [2.05, 4.69) is 4.72 Å².